The first-order valence-corrected chi connectivity index (χ1v) is 5.15. The molecular formula is C10H18O4. The van der Waals surface area contributed by atoms with Crippen LogP contribution in [-0.2, 0) is 14.3 Å². The summed E-state index contributed by atoms with van der Waals surface area (Å²) in [5, 5.41) is 9.71. The molecule has 1 heterocycles. The number of aliphatic hydroxyl groups is 1. The fraction of sp³-hybridized carbons (Fsp3) is 0.900. The molecule has 0 aromatic carbocycles. The Morgan fingerprint density at radius 1 is 1.57 bits per heavy atom. The second-order valence-electron chi connectivity index (χ2n) is 3.53. The molecule has 0 aliphatic carbocycles. The van der Waals surface area contributed by atoms with E-state index in [0.717, 1.165) is 12.8 Å². The lowest BCUT2D eigenvalue weighted by atomic mass is 9.92. The standard InChI is InChI=1S/C10H18O4/c1-2-14-10(12)7-9(11)8-3-5-13-6-4-8/h8-9,11H,2-7H2,1H3/t9-/m1/s1. The van der Waals surface area contributed by atoms with E-state index in [2.05, 4.69) is 0 Å². The van der Waals surface area contributed by atoms with Crippen LogP contribution >= 0.6 is 0 Å². The van der Waals surface area contributed by atoms with Gasteiger partial charge in [0.15, 0.2) is 0 Å². The van der Waals surface area contributed by atoms with Crippen LogP contribution < -0.4 is 0 Å². The van der Waals surface area contributed by atoms with Crippen LogP contribution in [0.4, 0.5) is 0 Å². The lowest BCUT2D eigenvalue weighted by Crippen LogP contribution is -2.29. The van der Waals surface area contributed by atoms with Gasteiger partial charge in [-0.25, -0.2) is 0 Å². The molecule has 0 amide bonds. The third-order valence-electron chi connectivity index (χ3n) is 2.49. The summed E-state index contributed by atoms with van der Waals surface area (Å²) in [5.41, 5.74) is 0. The molecule has 1 aliphatic rings. The molecule has 1 aliphatic heterocycles. The number of carbonyl (C=O) groups is 1. The summed E-state index contributed by atoms with van der Waals surface area (Å²) in [4.78, 5) is 11.1. The first kappa shape index (κ1) is 11.5. The third kappa shape index (κ3) is 3.64. The highest BCUT2D eigenvalue weighted by molar-refractivity contribution is 5.69. The molecule has 1 rings (SSSR count). The maximum absolute atomic E-state index is 11.1. The number of hydrogen-bond acceptors (Lipinski definition) is 4. The normalized spacial score (nSPS) is 20.4. The summed E-state index contributed by atoms with van der Waals surface area (Å²) in [6.07, 6.45) is 1.21. The van der Waals surface area contributed by atoms with E-state index in [-0.39, 0.29) is 18.3 Å². The fourth-order valence-electron chi connectivity index (χ4n) is 1.66. The predicted octanol–water partition coefficient (Wildman–Crippen LogP) is 0.727. The van der Waals surface area contributed by atoms with Gasteiger partial charge in [0, 0.05) is 13.2 Å². The van der Waals surface area contributed by atoms with Crippen LogP contribution in [0.15, 0.2) is 0 Å². The summed E-state index contributed by atoms with van der Waals surface area (Å²) in [7, 11) is 0. The van der Waals surface area contributed by atoms with Gasteiger partial charge in [-0.2, -0.15) is 0 Å². The van der Waals surface area contributed by atoms with Crippen LogP contribution in [-0.4, -0.2) is 37.0 Å². The van der Waals surface area contributed by atoms with Crippen LogP contribution in [0.2, 0.25) is 0 Å². The van der Waals surface area contributed by atoms with Crippen molar-refractivity contribution in [3.05, 3.63) is 0 Å². The molecule has 1 N–H and O–H groups in total. The van der Waals surface area contributed by atoms with Crippen molar-refractivity contribution in [3.8, 4) is 0 Å². The molecule has 0 spiro atoms. The molecule has 0 unspecified atom stereocenters. The van der Waals surface area contributed by atoms with E-state index in [9.17, 15) is 9.90 Å². The minimum Gasteiger partial charge on any atom is -0.466 e. The minimum atomic E-state index is -0.571. The van der Waals surface area contributed by atoms with Crippen molar-refractivity contribution >= 4 is 5.97 Å². The maximum atomic E-state index is 11.1. The van der Waals surface area contributed by atoms with Gasteiger partial charge in [-0.1, -0.05) is 0 Å². The lowest BCUT2D eigenvalue weighted by molar-refractivity contribution is -0.146. The zero-order chi connectivity index (χ0) is 10.4. The van der Waals surface area contributed by atoms with E-state index in [0.29, 0.717) is 19.8 Å². The Morgan fingerprint density at radius 3 is 2.79 bits per heavy atom. The summed E-state index contributed by atoms with van der Waals surface area (Å²) >= 11 is 0. The number of ether oxygens (including phenoxy) is 2. The average molecular weight is 202 g/mol. The summed E-state index contributed by atoms with van der Waals surface area (Å²) in [6.45, 7) is 3.51. The zero-order valence-electron chi connectivity index (χ0n) is 8.57. The van der Waals surface area contributed by atoms with Crippen molar-refractivity contribution in [1.29, 1.82) is 0 Å². The van der Waals surface area contributed by atoms with Gasteiger partial charge in [-0.3, -0.25) is 4.79 Å². The van der Waals surface area contributed by atoms with Crippen LogP contribution in [0.3, 0.4) is 0 Å². The Kier molecular flexibility index (Phi) is 4.90. The van der Waals surface area contributed by atoms with Gasteiger partial charge < -0.3 is 14.6 Å². The van der Waals surface area contributed by atoms with Crippen LogP contribution in [0.25, 0.3) is 0 Å². The van der Waals surface area contributed by atoms with Crippen molar-refractivity contribution in [3.63, 3.8) is 0 Å². The number of esters is 1. The second kappa shape index (κ2) is 5.98. The molecule has 0 aromatic rings. The van der Waals surface area contributed by atoms with Gasteiger partial charge >= 0.3 is 5.97 Å². The molecule has 4 heteroatoms. The molecule has 1 atom stereocenters. The first-order valence-electron chi connectivity index (χ1n) is 5.15. The van der Waals surface area contributed by atoms with Crippen LogP contribution in [0.5, 0.6) is 0 Å². The van der Waals surface area contributed by atoms with Gasteiger partial charge in [-0.05, 0) is 25.7 Å². The number of rotatable bonds is 4. The monoisotopic (exact) mass is 202 g/mol. The quantitative estimate of drug-likeness (QED) is 0.683. The highest BCUT2D eigenvalue weighted by Crippen LogP contribution is 2.20. The van der Waals surface area contributed by atoms with E-state index >= 15 is 0 Å². The van der Waals surface area contributed by atoms with E-state index in [1.807, 2.05) is 0 Å². The van der Waals surface area contributed by atoms with Crippen molar-refractivity contribution in [2.24, 2.45) is 5.92 Å². The molecular weight excluding hydrogens is 184 g/mol. The molecule has 14 heavy (non-hydrogen) atoms. The van der Waals surface area contributed by atoms with E-state index in [4.69, 9.17) is 9.47 Å². The van der Waals surface area contributed by atoms with Gasteiger partial charge in [0.1, 0.15) is 0 Å². The minimum absolute atomic E-state index is 0.110. The van der Waals surface area contributed by atoms with E-state index < -0.39 is 6.10 Å². The highest BCUT2D eigenvalue weighted by Gasteiger charge is 2.24. The van der Waals surface area contributed by atoms with Gasteiger partial charge in [0.05, 0.1) is 19.1 Å². The third-order valence-corrected chi connectivity index (χ3v) is 2.49. The second-order valence-corrected chi connectivity index (χ2v) is 3.53. The predicted molar refractivity (Wildman–Crippen MR) is 50.8 cm³/mol. The molecule has 0 saturated carbocycles. The molecule has 4 nitrogen and oxygen atoms in total. The van der Waals surface area contributed by atoms with Gasteiger partial charge in [0.2, 0.25) is 0 Å². The largest absolute Gasteiger partial charge is 0.466 e. The lowest BCUT2D eigenvalue weighted by Gasteiger charge is -2.26. The maximum Gasteiger partial charge on any atom is 0.308 e. The summed E-state index contributed by atoms with van der Waals surface area (Å²) in [5.74, 6) is -0.125. The molecule has 0 radical (unpaired) electrons. The van der Waals surface area contributed by atoms with Crippen molar-refractivity contribution in [1.82, 2.24) is 0 Å². The Morgan fingerprint density at radius 2 is 2.21 bits per heavy atom. The number of hydrogen-bond donors (Lipinski definition) is 1. The SMILES string of the molecule is CCOC(=O)C[C@@H](O)C1CCOCC1. The molecule has 1 fully saturated rings. The first-order chi connectivity index (χ1) is 6.74. The molecule has 0 aromatic heterocycles. The van der Waals surface area contributed by atoms with Crippen LogP contribution in [0, 0.1) is 5.92 Å². The molecule has 1 saturated heterocycles. The van der Waals surface area contributed by atoms with E-state index in [1.54, 1.807) is 6.92 Å². The topological polar surface area (TPSA) is 55.8 Å². The summed E-state index contributed by atoms with van der Waals surface area (Å²) in [6, 6.07) is 0. The average Bonchev–Trinajstić information content (AvgIpc) is 2.19. The van der Waals surface area contributed by atoms with Crippen molar-refractivity contribution in [2.45, 2.75) is 32.3 Å². The molecule has 0 bridgehead atoms. The zero-order valence-corrected chi connectivity index (χ0v) is 8.57. The fourth-order valence-corrected chi connectivity index (χ4v) is 1.66. The van der Waals surface area contributed by atoms with E-state index in [1.165, 1.54) is 0 Å². The van der Waals surface area contributed by atoms with Crippen molar-refractivity contribution < 1.29 is 19.4 Å². The summed E-state index contributed by atoms with van der Waals surface area (Å²) < 4.78 is 9.95. The number of carbonyl (C=O) groups excluding carboxylic acids is 1. The van der Waals surface area contributed by atoms with Gasteiger partial charge in [-0.15, -0.1) is 0 Å². The Labute approximate surface area is 84.2 Å². The Balaban J connectivity index is 2.25. The van der Waals surface area contributed by atoms with Crippen LogP contribution in [0.1, 0.15) is 26.2 Å². The highest BCUT2D eigenvalue weighted by atomic mass is 16.5. The van der Waals surface area contributed by atoms with Crippen molar-refractivity contribution in [2.75, 3.05) is 19.8 Å². The molecule has 82 valence electrons. The van der Waals surface area contributed by atoms with Gasteiger partial charge in [0.25, 0.3) is 0 Å². The smallest absolute Gasteiger partial charge is 0.308 e. The number of aliphatic hydroxyl groups excluding tert-OH is 1. The Bertz CT molecular complexity index is 175. The Hall–Kier alpha value is -0.610.